The molecule has 12 nitrogen and oxygen atoms in total. The fourth-order valence-corrected chi connectivity index (χ4v) is 3.51. The first-order chi connectivity index (χ1) is 16.0. The predicted molar refractivity (Wildman–Crippen MR) is 138 cm³/mol. The molecule has 0 spiro atoms. The van der Waals surface area contributed by atoms with E-state index in [-0.39, 0.29) is 37.0 Å². The van der Waals surface area contributed by atoms with Gasteiger partial charge in [-0.05, 0) is 37.2 Å². The molecule has 0 radical (unpaired) electrons. The van der Waals surface area contributed by atoms with Crippen molar-refractivity contribution in [3.05, 3.63) is 0 Å². The monoisotopic (exact) mass is 521 g/mol. The highest BCUT2D eigenvalue weighted by Gasteiger charge is 2.30. The van der Waals surface area contributed by atoms with E-state index in [1.54, 1.807) is 0 Å². The summed E-state index contributed by atoms with van der Waals surface area (Å²) in [5, 5.41) is 16.9. The van der Waals surface area contributed by atoms with Crippen molar-refractivity contribution in [3.8, 4) is 0 Å². The lowest BCUT2D eigenvalue weighted by Crippen LogP contribution is -2.57. The maximum Gasteiger partial charge on any atom is 0.327 e. The second kappa shape index (κ2) is 17.3. The summed E-state index contributed by atoms with van der Waals surface area (Å²) in [6, 6.07) is -3.99. The Kier molecular flexibility index (Phi) is 16.2. The fraction of sp³-hybridized carbons (Fsp3) is 0.750. The van der Waals surface area contributed by atoms with Crippen molar-refractivity contribution in [1.82, 2.24) is 16.0 Å². The van der Waals surface area contributed by atoms with Gasteiger partial charge in [0.1, 0.15) is 18.1 Å². The number of nitrogens with zero attached hydrogens (tertiary/aromatic N) is 1. The van der Waals surface area contributed by atoms with Crippen molar-refractivity contribution in [2.75, 3.05) is 24.3 Å². The maximum absolute atomic E-state index is 13.1. The van der Waals surface area contributed by atoms with Gasteiger partial charge >= 0.3 is 5.97 Å². The lowest BCUT2D eigenvalue weighted by Gasteiger charge is -2.26. The van der Waals surface area contributed by atoms with Crippen LogP contribution >= 0.6 is 24.4 Å². The van der Waals surface area contributed by atoms with E-state index in [0.717, 1.165) is 0 Å². The number of nitrogens with one attached hydrogen (secondary N) is 3. The van der Waals surface area contributed by atoms with Gasteiger partial charge in [-0.3, -0.25) is 19.4 Å². The molecule has 5 atom stereocenters. The van der Waals surface area contributed by atoms with E-state index in [4.69, 9.17) is 17.2 Å². The molecule has 0 fully saturated rings. The predicted octanol–water partition coefficient (Wildman–Crippen LogP) is -1.36. The van der Waals surface area contributed by atoms with Crippen LogP contribution < -0.4 is 33.2 Å². The Morgan fingerprint density at radius 3 is 2.00 bits per heavy atom. The average Bonchev–Trinajstić information content (AvgIpc) is 2.79. The van der Waals surface area contributed by atoms with Gasteiger partial charge in [-0.15, -0.1) is 0 Å². The lowest BCUT2D eigenvalue weighted by molar-refractivity contribution is -0.141. The Labute approximate surface area is 210 Å². The van der Waals surface area contributed by atoms with Crippen LogP contribution in [0.5, 0.6) is 0 Å². The minimum atomic E-state index is -1.23. The molecule has 0 aromatic rings. The van der Waals surface area contributed by atoms with Crippen LogP contribution in [-0.2, 0) is 19.2 Å². The quantitative estimate of drug-likeness (QED) is 0.0490. The van der Waals surface area contributed by atoms with E-state index in [1.807, 2.05) is 20.1 Å². The summed E-state index contributed by atoms with van der Waals surface area (Å²) >= 11 is 5.41. The molecule has 0 aromatic heterocycles. The number of thioether (sulfide) groups is 1. The number of carboxylic acids is 1. The maximum atomic E-state index is 13.1. The van der Waals surface area contributed by atoms with Crippen LogP contribution in [0.4, 0.5) is 0 Å². The number of carbonyl (C=O) groups excluding carboxylic acids is 3. The van der Waals surface area contributed by atoms with Gasteiger partial charge in [0.2, 0.25) is 17.7 Å². The van der Waals surface area contributed by atoms with Gasteiger partial charge in [0.05, 0.1) is 6.04 Å². The van der Waals surface area contributed by atoms with Gasteiger partial charge in [0, 0.05) is 12.3 Å². The van der Waals surface area contributed by atoms with Crippen LogP contribution in [0.25, 0.3) is 0 Å². The van der Waals surface area contributed by atoms with Crippen LogP contribution in [0, 0.1) is 5.92 Å². The van der Waals surface area contributed by atoms with Crippen LogP contribution in [0.15, 0.2) is 4.99 Å². The third kappa shape index (κ3) is 12.3. The van der Waals surface area contributed by atoms with Crippen LogP contribution in [0.1, 0.15) is 39.5 Å². The molecule has 0 saturated heterocycles. The van der Waals surface area contributed by atoms with Gasteiger partial charge in [0.25, 0.3) is 0 Å². The van der Waals surface area contributed by atoms with Crippen LogP contribution in [-0.4, -0.2) is 83.2 Å². The van der Waals surface area contributed by atoms with E-state index >= 15 is 0 Å². The number of hydrogen-bond acceptors (Lipinski definition) is 8. The third-order valence-electron chi connectivity index (χ3n) is 5.18. The number of amides is 3. The molecule has 196 valence electrons. The van der Waals surface area contributed by atoms with Gasteiger partial charge in [-0.1, -0.05) is 20.3 Å². The topological polar surface area (TPSA) is 215 Å². The number of aliphatic imine (C=N–C) groups is 1. The first kappa shape index (κ1) is 31.8. The fourth-order valence-electron chi connectivity index (χ4n) is 2.79. The second-order valence-electron chi connectivity index (χ2n) is 7.85. The van der Waals surface area contributed by atoms with Crippen LogP contribution in [0.2, 0.25) is 0 Å². The van der Waals surface area contributed by atoms with Crippen molar-refractivity contribution in [1.29, 1.82) is 0 Å². The number of nitrogens with two attached hydrogens (primary N) is 3. The zero-order valence-electron chi connectivity index (χ0n) is 20.0. The van der Waals surface area contributed by atoms with Gasteiger partial charge < -0.3 is 38.3 Å². The minimum absolute atomic E-state index is 0.0881. The highest BCUT2D eigenvalue weighted by molar-refractivity contribution is 7.98. The Bertz CT molecular complexity index is 707. The minimum Gasteiger partial charge on any atom is -0.480 e. The first-order valence-electron chi connectivity index (χ1n) is 11.0. The summed E-state index contributed by atoms with van der Waals surface area (Å²) in [7, 11) is 0. The third-order valence-corrected chi connectivity index (χ3v) is 6.19. The van der Waals surface area contributed by atoms with Crippen molar-refractivity contribution in [2.45, 2.75) is 63.7 Å². The smallest absolute Gasteiger partial charge is 0.327 e. The molecule has 0 aliphatic heterocycles. The summed E-state index contributed by atoms with van der Waals surface area (Å²) in [6.07, 6.45) is 3.37. The van der Waals surface area contributed by atoms with E-state index in [1.165, 1.54) is 11.8 Å². The average molecular weight is 522 g/mol. The molecule has 34 heavy (non-hydrogen) atoms. The van der Waals surface area contributed by atoms with E-state index < -0.39 is 47.9 Å². The van der Waals surface area contributed by atoms with E-state index in [2.05, 4.69) is 33.6 Å². The van der Waals surface area contributed by atoms with Crippen molar-refractivity contribution >= 4 is 54.0 Å². The number of rotatable bonds is 17. The number of hydrogen-bond donors (Lipinski definition) is 8. The standard InChI is InChI=1S/C20H39N7O5S2/c1-4-11(2)15(21)18(30)26-12(6-5-8-24-20(22)23)16(28)25-13(7-9-34-3)17(29)27-14(10-33)19(31)32/h11-15,33H,4-10,21H2,1-3H3,(H,25,28)(H,26,30)(H,27,29)(H,31,32)(H4,22,23,24). The van der Waals surface area contributed by atoms with E-state index in [9.17, 15) is 24.3 Å². The Balaban J connectivity index is 5.52. The molecule has 0 saturated carbocycles. The molecule has 0 aromatic carbocycles. The Hall–Kier alpha value is -2.19. The molecule has 10 N–H and O–H groups in total. The Morgan fingerprint density at radius 1 is 1.00 bits per heavy atom. The van der Waals surface area contributed by atoms with Gasteiger partial charge in [-0.2, -0.15) is 24.4 Å². The molecule has 0 aliphatic carbocycles. The van der Waals surface area contributed by atoms with Gasteiger partial charge in [0.15, 0.2) is 5.96 Å². The van der Waals surface area contributed by atoms with Crippen molar-refractivity contribution in [2.24, 2.45) is 28.1 Å². The van der Waals surface area contributed by atoms with E-state index in [0.29, 0.717) is 18.6 Å². The SMILES string of the molecule is CCC(C)C(N)C(=O)NC(CCCN=C(N)N)C(=O)NC(CCSC)C(=O)NC(CS)C(=O)O. The van der Waals surface area contributed by atoms with Crippen molar-refractivity contribution in [3.63, 3.8) is 0 Å². The largest absolute Gasteiger partial charge is 0.480 e. The summed E-state index contributed by atoms with van der Waals surface area (Å²) in [5.41, 5.74) is 16.6. The van der Waals surface area contributed by atoms with Gasteiger partial charge in [-0.25, -0.2) is 4.79 Å². The molecule has 0 rings (SSSR count). The summed E-state index contributed by atoms with van der Waals surface area (Å²) in [4.78, 5) is 53.5. The molecule has 0 aliphatic rings. The molecule has 0 heterocycles. The number of thiol groups is 1. The van der Waals surface area contributed by atoms with Crippen molar-refractivity contribution < 1.29 is 24.3 Å². The summed E-state index contributed by atoms with van der Waals surface area (Å²) in [5.74, 6) is -2.71. The zero-order chi connectivity index (χ0) is 26.3. The lowest BCUT2D eigenvalue weighted by atomic mass is 9.98. The molecule has 0 bridgehead atoms. The second-order valence-corrected chi connectivity index (χ2v) is 9.20. The first-order valence-corrected chi connectivity index (χ1v) is 13.1. The number of carbonyl (C=O) groups is 4. The molecule has 14 heteroatoms. The van der Waals surface area contributed by atoms with Crippen LogP contribution in [0.3, 0.4) is 0 Å². The normalized spacial score (nSPS) is 15.2. The molecular weight excluding hydrogens is 482 g/mol. The zero-order valence-corrected chi connectivity index (χ0v) is 21.7. The summed E-state index contributed by atoms with van der Waals surface area (Å²) < 4.78 is 0. The highest BCUT2D eigenvalue weighted by Crippen LogP contribution is 2.08. The number of carboxylic acid groups (broad SMARTS) is 1. The Morgan fingerprint density at radius 2 is 1.53 bits per heavy atom. The molecule has 5 unspecified atom stereocenters. The number of aliphatic carboxylic acids is 1. The highest BCUT2D eigenvalue weighted by atomic mass is 32.2. The summed E-state index contributed by atoms with van der Waals surface area (Å²) in [6.45, 7) is 3.99. The molecule has 3 amide bonds. The molecular formula is C20H39N7O5S2. The number of guanidine groups is 1.